The first-order valence-corrected chi connectivity index (χ1v) is 6.28. The molecular formula is C14H20N2O. The first-order valence-electron chi connectivity index (χ1n) is 6.28. The second kappa shape index (κ2) is 5.32. The number of carbonyl (C=O) groups excluding carboxylic acids is 1. The third-order valence-electron chi connectivity index (χ3n) is 3.46. The van der Waals surface area contributed by atoms with E-state index in [4.69, 9.17) is 0 Å². The van der Waals surface area contributed by atoms with E-state index in [1.807, 2.05) is 6.92 Å². The number of hydrogen-bond donors (Lipinski definition) is 2. The van der Waals surface area contributed by atoms with E-state index >= 15 is 0 Å². The lowest BCUT2D eigenvalue weighted by Gasteiger charge is -2.28. The summed E-state index contributed by atoms with van der Waals surface area (Å²) in [4.78, 5) is 11.5. The Morgan fingerprint density at radius 3 is 2.94 bits per heavy atom. The van der Waals surface area contributed by atoms with Crippen LogP contribution >= 0.6 is 0 Å². The molecule has 1 aromatic rings. The van der Waals surface area contributed by atoms with E-state index in [-0.39, 0.29) is 11.9 Å². The van der Waals surface area contributed by atoms with E-state index in [9.17, 15) is 4.79 Å². The van der Waals surface area contributed by atoms with E-state index in [2.05, 4.69) is 34.9 Å². The predicted molar refractivity (Wildman–Crippen MR) is 68.8 cm³/mol. The van der Waals surface area contributed by atoms with Gasteiger partial charge in [-0.15, -0.1) is 0 Å². The molecule has 1 amide bonds. The van der Waals surface area contributed by atoms with Gasteiger partial charge in [-0.05, 0) is 37.3 Å². The van der Waals surface area contributed by atoms with Crippen molar-refractivity contribution in [2.24, 2.45) is 0 Å². The minimum Gasteiger partial charge on any atom is -0.358 e. The van der Waals surface area contributed by atoms with Crippen molar-refractivity contribution >= 4 is 5.91 Å². The van der Waals surface area contributed by atoms with Gasteiger partial charge in [0.05, 0.1) is 6.04 Å². The van der Waals surface area contributed by atoms with Crippen LogP contribution in [0.4, 0.5) is 0 Å². The highest BCUT2D eigenvalue weighted by Crippen LogP contribution is 2.29. The molecule has 17 heavy (non-hydrogen) atoms. The zero-order chi connectivity index (χ0) is 12.3. The zero-order valence-electron chi connectivity index (χ0n) is 10.5. The molecule has 3 nitrogen and oxygen atoms in total. The Bertz CT molecular complexity index is 403. The highest BCUT2D eigenvalue weighted by Gasteiger charge is 2.22. The number of rotatable bonds is 3. The van der Waals surface area contributed by atoms with Gasteiger partial charge in [-0.3, -0.25) is 10.1 Å². The van der Waals surface area contributed by atoms with Gasteiger partial charge in [0.2, 0.25) is 5.91 Å². The van der Waals surface area contributed by atoms with Gasteiger partial charge in [0.15, 0.2) is 0 Å². The minimum absolute atomic E-state index is 0.0491. The first kappa shape index (κ1) is 12.1. The van der Waals surface area contributed by atoms with Crippen LogP contribution in [0.2, 0.25) is 0 Å². The molecule has 0 spiro atoms. The number of likely N-dealkylation sites (N-methyl/N-ethyl adjacent to an activating group) is 1. The Hall–Kier alpha value is -1.35. The molecule has 0 saturated heterocycles. The second-order valence-electron chi connectivity index (χ2n) is 4.65. The van der Waals surface area contributed by atoms with Crippen LogP contribution < -0.4 is 10.6 Å². The zero-order valence-corrected chi connectivity index (χ0v) is 10.5. The molecule has 92 valence electrons. The Morgan fingerprint density at radius 2 is 2.18 bits per heavy atom. The van der Waals surface area contributed by atoms with Crippen LogP contribution in [0.15, 0.2) is 24.3 Å². The van der Waals surface area contributed by atoms with Gasteiger partial charge in [0, 0.05) is 13.1 Å². The van der Waals surface area contributed by atoms with Crippen molar-refractivity contribution in [2.45, 2.75) is 38.3 Å². The van der Waals surface area contributed by atoms with Crippen LogP contribution in [-0.4, -0.2) is 19.0 Å². The molecule has 0 heterocycles. The molecule has 0 bridgehead atoms. The molecule has 1 aliphatic rings. The lowest BCUT2D eigenvalue weighted by Crippen LogP contribution is -2.43. The lowest BCUT2D eigenvalue weighted by atomic mass is 9.87. The standard InChI is InChI=1S/C14H20N2O/c1-10(14(17)15-2)16-13-9-5-7-11-6-3-4-8-12(11)13/h3-4,6,8,10,13,16H,5,7,9H2,1-2H3,(H,15,17)/t10-,13+/m1/s1. The SMILES string of the molecule is CNC(=O)[C@@H](C)N[C@H]1CCCc2ccccc21. The van der Waals surface area contributed by atoms with Gasteiger partial charge in [-0.2, -0.15) is 0 Å². The topological polar surface area (TPSA) is 41.1 Å². The van der Waals surface area contributed by atoms with Gasteiger partial charge in [0.1, 0.15) is 0 Å². The molecule has 1 aromatic carbocycles. The summed E-state index contributed by atoms with van der Waals surface area (Å²) >= 11 is 0. The number of fused-ring (bicyclic) bond motifs is 1. The summed E-state index contributed by atoms with van der Waals surface area (Å²) in [5.41, 5.74) is 2.77. The van der Waals surface area contributed by atoms with Crippen molar-refractivity contribution in [2.75, 3.05) is 7.05 Å². The summed E-state index contributed by atoms with van der Waals surface area (Å²) in [5, 5.41) is 6.09. The van der Waals surface area contributed by atoms with Crippen LogP contribution in [0, 0.1) is 0 Å². The smallest absolute Gasteiger partial charge is 0.236 e. The molecule has 3 heteroatoms. The molecular weight excluding hydrogens is 212 g/mol. The summed E-state index contributed by atoms with van der Waals surface area (Å²) < 4.78 is 0. The molecule has 0 radical (unpaired) electrons. The molecule has 2 rings (SSSR count). The second-order valence-corrected chi connectivity index (χ2v) is 4.65. The molecule has 1 aliphatic carbocycles. The Kier molecular flexibility index (Phi) is 3.79. The third-order valence-corrected chi connectivity index (χ3v) is 3.46. The van der Waals surface area contributed by atoms with Crippen LogP contribution in [0.1, 0.15) is 36.9 Å². The minimum atomic E-state index is -0.142. The van der Waals surface area contributed by atoms with Crippen molar-refractivity contribution in [1.29, 1.82) is 0 Å². The van der Waals surface area contributed by atoms with E-state index in [0.717, 1.165) is 12.8 Å². The van der Waals surface area contributed by atoms with Crippen LogP contribution in [0.3, 0.4) is 0 Å². The monoisotopic (exact) mass is 232 g/mol. The molecule has 0 fully saturated rings. The average Bonchev–Trinajstić information content (AvgIpc) is 2.38. The summed E-state index contributed by atoms with van der Waals surface area (Å²) in [7, 11) is 1.68. The maximum atomic E-state index is 11.5. The fraction of sp³-hybridized carbons (Fsp3) is 0.500. The van der Waals surface area contributed by atoms with E-state index < -0.39 is 0 Å². The van der Waals surface area contributed by atoms with Crippen LogP contribution in [-0.2, 0) is 11.2 Å². The maximum absolute atomic E-state index is 11.5. The molecule has 2 N–H and O–H groups in total. The van der Waals surface area contributed by atoms with E-state index in [1.165, 1.54) is 17.5 Å². The van der Waals surface area contributed by atoms with Crippen LogP contribution in [0.25, 0.3) is 0 Å². The number of amides is 1. The Balaban J connectivity index is 2.11. The summed E-state index contributed by atoms with van der Waals surface area (Å²) in [6, 6.07) is 8.69. The fourth-order valence-corrected chi connectivity index (χ4v) is 2.52. The van der Waals surface area contributed by atoms with Gasteiger partial charge in [-0.25, -0.2) is 0 Å². The number of carbonyl (C=O) groups is 1. The summed E-state index contributed by atoms with van der Waals surface area (Å²) in [5.74, 6) is 0.0491. The molecule has 0 aliphatic heterocycles. The van der Waals surface area contributed by atoms with Crippen LogP contribution in [0.5, 0.6) is 0 Å². The van der Waals surface area contributed by atoms with Gasteiger partial charge in [0.25, 0.3) is 0 Å². The van der Waals surface area contributed by atoms with E-state index in [1.54, 1.807) is 7.05 Å². The molecule has 0 unspecified atom stereocenters. The lowest BCUT2D eigenvalue weighted by molar-refractivity contribution is -0.122. The Morgan fingerprint density at radius 1 is 1.41 bits per heavy atom. The number of aryl methyl sites for hydroxylation is 1. The highest BCUT2D eigenvalue weighted by atomic mass is 16.2. The average molecular weight is 232 g/mol. The maximum Gasteiger partial charge on any atom is 0.236 e. The van der Waals surface area contributed by atoms with Gasteiger partial charge in [-0.1, -0.05) is 24.3 Å². The Labute approximate surface area is 103 Å². The summed E-state index contributed by atoms with van der Waals surface area (Å²) in [6.45, 7) is 1.91. The quantitative estimate of drug-likeness (QED) is 0.834. The number of benzene rings is 1. The number of hydrogen-bond acceptors (Lipinski definition) is 2. The van der Waals surface area contributed by atoms with E-state index in [0.29, 0.717) is 6.04 Å². The predicted octanol–water partition coefficient (Wildman–Crippen LogP) is 1.79. The molecule has 0 aromatic heterocycles. The normalized spacial score (nSPS) is 20.5. The largest absolute Gasteiger partial charge is 0.358 e. The van der Waals surface area contributed by atoms with Crippen molar-refractivity contribution < 1.29 is 4.79 Å². The molecule has 0 saturated carbocycles. The van der Waals surface area contributed by atoms with Crippen molar-refractivity contribution in [3.05, 3.63) is 35.4 Å². The van der Waals surface area contributed by atoms with Crippen molar-refractivity contribution in [3.8, 4) is 0 Å². The van der Waals surface area contributed by atoms with Crippen molar-refractivity contribution in [1.82, 2.24) is 10.6 Å². The fourth-order valence-electron chi connectivity index (χ4n) is 2.52. The highest BCUT2D eigenvalue weighted by molar-refractivity contribution is 5.81. The van der Waals surface area contributed by atoms with Gasteiger partial charge >= 0.3 is 0 Å². The van der Waals surface area contributed by atoms with Crippen molar-refractivity contribution in [3.63, 3.8) is 0 Å². The summed E-state index contributed by atoms with van der Waals surface area (Å²) in [6.07, 6.45) is 3.45. The molecule has 2 atom stereocenters. The first-order chi connectivity index (χ1) is 8.22. The third kappa shape index (κ3) is 2.67. The number of nitrogens with one attached hydrogen (secondary N) is 2. The van der Waals surface area contributed by atoms with Gasteiger partial charge < -0.3 is 5.32 Å².